The zero-order chi connectivity index (χ0) is 12.0. The highest BCUT2D eigenvalue weighted by molar-refractivity contribution is 5.85. The van der Waals surface area contributed by atoms with Crippen LogP contribution in [-0.2, 0) is 14.3 Å². The van der Waals surface area contributed by atoms with Crippen molar-refractivity contribution >= 4 is 12.1 Å². The van der Waals surface area contributed by atoms with Crippen LogP contribution < -0.4 is 5.32 Å². The zero-order valence-electron chi connectivity index (χ0n) is 9.27. The van der Waals surface area contributed by atoms with Gasteiger partial charge in [-0.05, 0) is 6.42 Å². The third-order valence-corrected chi connectivity index (χ3v) is 2.29. The first-order valence-electron chi connectivity index (χ1n) is 5.43. The summed E-state index contributed by atoms with van der Waals surface area (Å²) in [5, 5.41) is 11.9. The van der Waals surface area contributed by atoms with Crippen LogP contribution in [0.5, 0.6) is 0 Å². The predicted octanol–water partition coefficient (Wildman–Crippen LogP) is 0.189. The number of β-amino-alcohol motifs (C(OH)–C–C–N with tert-alkyl or cyclic N) is 1. The molecule has 0 bridgehead atoms. The van der Waals surface area contributed by atoms with Gasteiger partial charge in [0.2, 0.25) is 0 Å². The van der Waals surface area contributed by atoms with Crippen LogP contribution in [0.2, 0.25) is 0 Å². The molecule has 6 heteroatoms. The topological polar surface area (TPSA) is 84.9 Å². The first-order valence-corrected chi connectivity index (χ1v) is 5.43. The number of unbranched alkanes of at least 4 members (excludes halogenated alkanes) is 1. The van der Waals surface area contributed by atoms with E-state index in [1.165, 1.54) is 0 Å². The Morgan fingerprint density at radius 2 is 2.25 bits per heavy atom. The van der Waals surface area contributed by atoms with Gasteiger partial charge in [0.1, 0.15) is 6.04 Å². The van der Waals surface area contributed by atoms with Crippen molar-refractivity contribution in [3.63, 3.8) is 0 Å². The maximum absolute atomic E-state index is 11.3. The fourth-order valence-corrected chi connectivity index (χ4v) is 1.38. The summed E-state index contributed by atoms with van der Waals surface area (Å²) in [4.78, 5) is 22.3. The van der Waals surface area contributed by atoms with E-state index < -0.39 is 24.3 Å². The van der Waals surface area contributed by atoms with E-state index in [1.807, 2.05) is 6.92 Å². The van der Waals surface area contributed by atoms with Gasteiger partial charge in [0, 0.05) is 13.0 Å². The van der Waals surface area contributed by atoms with Crippen molar-refractivity contribution in [1.82, 2.24) is 5.32 Å². The first kappa shape index (κ1) is 12.9. The molecule has 92 valence electrons. The van der Waals surface area contributed by atoms with Crippen LogP contribution in [0.25, 0.3) is 0 Å². The van der Waals surface area contributed by atoms with Crippen LogP contribution in [0.4, 0.5) is 4.79 Å². The molecular weight excluding hydrogens is 214 g/mol. The van der Waals surface area contributed by atoms with Crippen molar-refractivity contribution in [2.45, 2.75) is 38.3 Å². The van der Waals surface area contributed by atoms with Gasteiger partial charge in [0.05, 0.1) is 12.7 Å². The second-order valence-corrected chi connectivity index (χ2v) is 3.72. The quantitative estimate of drug-likeness (QED) is 0.408. The summed E-state index contributed by atoms with van der Waals surface area (Å²) >= 11 is 0. The standard InChI is InChI=1S/C10H17NO5/c1-2-3-4-15-10(14)16-9(13)8-5-7(12)6-11-8/h7-8,11-12H,2-6H2,1H3/t7?,8-/m0/s1. The van der Waals surface area contributed by atoms with Crippen LogP contribution in [0.1, 0.15) is 26.2 Å². The largest absolute Gasteiger partial charge is 0.516 e. The van der Waals surface area contributed by atoms with Crippen molar-refractivity contribution < 1.29 is 24.2 Å². The lowest BCUT2D eigenvalue weighted by Gasteiger charge is -2.08. The van der Waals surface area contributed by atoms with E-state index in [1.54, 1.807) is 0 Å². The molecule has 2 atom stereocenters. The van der Waals surface area contributed by atoms with Crippen molar-refractivity contribution in [1.29, 1.82) is 0 Å². The molecule has 0 spiro atoms. The van der Waals surface area contributed by atoms with Crippen molar-refractivity contribution in [2.75, 3.05) is 13.2 Å². The Morgan fingerprint density at radius 1 is 1.50 bits per heavy atom. The SMILES string of the molecule is CCCCOC(=O)OC(=O)[C@@H]1CC(O)CN1. The van der Waals surface area contributed by atoms with E-state index in [0.717, 1.165) is 12.8 Å². The Kier molecular flexibility index (Phi) is 5.21. The van der Waals surface area contributed by atoms with E-state index in [-0.39, 0.29) is 13.0 Å². The molecule has 16 heavy (non-hydrogen) atoms. The Morgan fingerprint density at radius 3 is 2.81 bits per heavy atom. The molecule has 1 aliphatic rings. The predicted molar refractivity (Wildman–Crippen MR) is 54.8 cm³/mol. The molecule has 1 fully saturated rings. The maximum atomic E-state index is 11.3. The molecule has 1 heterocycles. The lowest BCUT2D eigenvalue weighted by Crippen LogP contribution is -2.34. The minimum Gasteiger partial charge on any atom is -0.434 e. The molecule has 0 aromatic carbocycles. The number of esters is 1. The third kappa shape index (κ3) is 4.16. The molecule has 0 radical (unpaired) electrons. The summed E-state index contributed by atoms with van der Waals surface area (Å²) in [5.41, 5.74) is 0. The number of hydrogen-bond acceptors (Lipinski definition) is 6. The summed E-state index contributed by atoms with van der Waals surface area (Å²) in [5.74, 6) is -0.696. The van der Waals surface area contributed by atoms with Gasteiger partial charge in [-0.1, -0.05) is 13.3 Å². The summed E-state index contributed by atoms with van der Waals surface area (Å²) in [6.45, 7) is 2.55. The van der Waals surface area contributed by atoms with Crippen LogP contribution >= 0.6 is 0 Å². The van der Waals surface area contributed by atoms with E-state index >= 15 is 0 Å². The highest BCUT2D eigenvalue weighted by atomic mass is 16.7. The lowest BCUT2D eigenvalue weighted by atomic mass is 10.2. The molecule has 1 unspecified atom stereocenters. The third-order valence-electron chi connectivity index (χ3n) is 2.29. The molecule has 1 aliphatic heterocycles. The average molecular weight is 231 g/mol. The van der Waals surface area contributed by atoms with Gasteiger partial charge in [0.15, 0.2) is 0 Å². The van der Waals surface area contributed by atoms with Crippen LogP contribution in [0.15, 0.2) is 0 Å². The average Bonchev–Trinajstić information content (AvgIpc) is 2.65. The number of nitrogens with one attached hydrogen (secondary N) is 1. The second kappa shape index (κ2) is 6.44. The molecule has 0 saturated carbocycles. The van der Waals surface area contributed by atoms with Gasteiger partial charge < -0.3 is 19.9 Å². The van der Waals surface area contributed by atoms with Crippen molar-refractivity contribution in [3.05, 3.63) is 0 Å². The Hall–Kier alpha value is -1.14. The number of carbonyl (C=O) groups excluding carboxylic acids is 2. The number of aliphatic hydroxyl groups is 1. The molecule has 0 amide bonds. The van der Waals surface area contributed by atoms with Gasteiger partial charge in [0.25, 0.3) is 0 Å². The summed E-state index contributed by atoms with van der Waals surface area (Å²) in [6, 6.07) is -0.617. The molecule has 0 aliphatic carbocycles. The number of hydrogen-bond donors (Lipinski definition) is 2. The summed E-state index contributed by atoms with van der Waals surface area (Å²) in [6.07, 6.45) is 0.373. The molecule has 2 N–H and O–H groups in total. The molecule has 1 saturated heterocycles. The van der Waals surface area contributed by atoms with Crippen molar-refractivity contribution in [3.8, 4) is 0 Å². The van der Waals surface area contributed by atoms with E-state index in [9.17, 15) is 9.59 Å². The summed E-state index contributed by atoms with van der Waals surface area (Å²) in [7, 11) is 0. The smallest absolute Gasteiger partial charge is 0.434 e. The van der Waals surface area contributed by atoms with Crippen LogP contribution in [0.3, 0.4) is 0 Å². The van der Waals surface area contributed by atoms with Gasteiger partial charge in [-0.2, -0.15) is 0 Å². The number of rotatable bonds is 4. The highest BCUT2D eigenvalue weighted by Gasteiger charge is 2.30. The molecule has 1 rings (SSSR count). The van der Waals surface area contributed by atoms with Crippen molar-refractivity contribution in [2.24, 2.45) is 0 Å². The Bertz CT molecular complexity index is 256. The Balaban J connectivity index is 2.20. The van der Waals surface area contributed by atoms with Gasteiger partial charge in [-0.25, -0.2) is 9.59 Å². The fourth-order valence-electron chi connectivity index (χ4n) is 1.38. The zero-order valence-corrected chi connectivity index (χ0v) is 9.27. The fraction of sp³-hybridized carbons (Fsp3) is 0.800. The van der Waals surface area contributed by atoms with Gasteiger partial charge >= 0.3 is 12.1 Å². The first-order chi connectivity index (χ1) is 7.63. The normalized spacial score (nSPS) is 24.1. The monoisotopic (exact) mass is 231 g/mol. The number of ether oxygens (including phenoxy) is 2. The minimum absolute atomic E-state index is 0.253. The van der Waals surface area contributed by atoms with E-state index in [0.29, 0.717) is 6.54 Å². The molecule has 0 aromatic heterocycles. The number of aliphatic hydroxyl groups excluding tert-OH is 1. The highest BCUT2D eigenvalue weighted by Crippen LogP contribution is 2.08. The Labute approximate surface area is 93.9 Å². The van der Waals surface area contributed by atoms with Gasteiger partial charge in [-0.3, -0.25) is 0 Å². The summed E-state index contributed by atoms with van der Waals surface area (Å²) < 4.78 is 9.12. The van der Waals surface area contributed by atoms with Crippen LogP contribution in [-0.4, -0.2) is 42.5 Å². The molecule has 0 aromatic rings. The molecular formula is C10H17NO5. The minimum atomic E-state index is -0.971. The van der Waals surface area contributed by atoms with Gasteiger partial charge in [-0.15, -0.1) is 0 Å². The molecule has 6 nitrogen and oxygen atoms in total. The van der Waals surface area contributed by atoms with E-state index in [2.05, 4.69) is 14.8 Å². The van der Waals surface area contributed by atoms with E-state index in [4.69, 9.17) is 5.11 Å². The maximum Gasteiger partial charge on any atom is 0.516 e. The second-order valence-electron chi connectivity index (χ2n) is 3.72. The van der Waals surface area contributed by atoms with Crippen LogP contribution in [0, 0.1) is 0 Å². The number of carbonyl (C=O) groups is 2. The lowest BCUT2D eigenvalue weighted by molar-refractivity contribution is -0.142.